The van der Waals surface area contributed by atoms with Crippen molar-refractivity contribution in [2.45, 2.75) is 0 Å². The van der Waals surface area contributed by atoms with Crippen molar-refractivity contribution in [2.24, 2.45) is 5.73 Å². The highest BCUT2D eigenvalue weighted by Gasteiger charge is 1.95. The molecule has 1 aromatic heterocycles. The Morgan fingerprint density at radius 1 is 1.60 bits per heavy atom. The highest BCUT2D eigenvalue weighted by molar-refractivity contribution is 7.80. The van der Waals surface area contributed by atoms with Crippen molar-refractivity contribution < 1.29 is 5.11 Å². The van der Waals surface area contributed by atoms with Crippen molar-refractivity contribution in [1.82, 2.24) is 4.98 Å². The van der Waals surface area contributed by atoms with Crippen LogP contribution in [0.5, 0.6) is 5.75 Å². The summed E-state index contributed by atoms with van der Waals surface area (Å²) in [5.41, 5.74) is 5.84. The van der Waals surface area contributed by atoms with E-state index < -0.39 is 0 Å². The molecule has 10 heavy (non-hydrogen) atoms. The first-order valence-electron chi connectivity index (χ1n) is 2.64. The summed E-state index contributed by atoms with van der Waals surface area (Å²) < 4.78 is 0. The molecule has 1 heterocycles. The van der Waals surface area contributed by atoms with Crippen molar-refractivity contribution in [3.05, 3.63) is 24.0 Å². The number of nitrogens with two attached hydrogens (primary N) is 1. The Kier molecular flexibility index (Phi) is 1.82. The monoisotopic (exact) mass is 154 g/mol. The Labute approximate surface area is 63.5 Å². The van der Waals surface area contributed by atoms with E-state index in [4.69, 9.17) is 10.8 Å². The zero-order valence-electron chi connectivity index (χ0n) is 5.11. The lowest BCUT2D eigenvalue weighted by molar-refractivity contribution is 0.472. The van der Waals surface area contributed by atoms with Crippen LogP contribution < -0.4 is 5.73 Å². The highest BCUT2D eigenvalue weighted by Crippen LogP contribution is 2.07. The SMILES string of the molecule is NC(=S)c1cncc(O)c1. The van der Waals surface area contributed by atoms with Gasteiger partial charge in [0.1, 0.15) is 10.7 Å². The molecule has 3 N–H and O–H groups in total. The predicted molar refractivity (Wildman–Crippen MR) is 41.8 cm³/mol. The van der Waals surface area contributed by atoms with E-state index in [2.05, 4.69) is 17.2 Å². The van der Waals surface area contributed by atoms with Crippen LogP contribution in [0.3, 0.4) is 0 Å². The number of hydrogen-bond acceptors (Lipinski definition) is 3. The van der Waals surface area contributed by atoms with E-state index in [0.717, 1.165) is 0 Å². The number of pyridine rings is 1. The first kappa shape index (κ1) is 6.95. The summed E-state index contributed by atoms with van der Waals surface area (Å²) in [5.74, 6) is 0.0744. The lowest BCUT2D eigenvalue weighted by atomic mass is 10.3. The van der Waals surface area contributed by atoms with Crippen LogP contribution in [0.4, 0.5) is 0 Å². The van der Waals surface area contributed by atoms with Crippen LogP contribution in [0.2, 0.25) is 0 Å². The molecule has 0 bridgehead atoms. The number of thiocarbonyl (C=S) groups is 1. The minimum absolute atomic E-state index is 0.0744. The highest BCUT2D eigenvalue weighted by atomic mass is 32.1. The summed E-state index contributed by atoms with van der Waals surface area (Å²) in [6, 6.07) is 1.47. The van der Waals surface area contributed by atoms with Gasteiger partial charge in [-0.3, -0.25) is 4.98 Å². The van der Waals surface area contributed by atoms with E-state index in [1.54, 1.807) is 0 Å². The Balaban J connectivity index is 3.07. The standard InChI is InChI=1S/C6H6N2OS/c7-6(10)4-1-5(9)3-8-2-4/h1-3,9H,(H2,7,10). The van der Waals surface area contributed by atoms with Gasteiger partial charge in [0.25, 0.3) is 0 Å². The molecule has 0 amide bonds. The second-order valence-electron chi connectivity index (χ2n) is 1.80. The van der Waals surface area contributed by atoms with Gasteiger partial charge in [0.15, 0.2) is 0 Å². The van der Waals surface area contributed by atoms with Crippen LogP contribution in [-0.4, -0.2) is 15.1 Å². The average Bonchev–Trinajstić information content (AvgIpc) is 1.88. The second kappa shape index (κ2) is 2.62. The molecule has 0 fully saturated rings. The minimum Gasteiger partial charge on any atom is -0.506 e. The number of rotatable bonds is 1. The zero-order valence-corrected chi connectivity index (χ0v) is 5.93. The van der Waals surface area contributed by atoms with Crippen LogP contribution in [0.25, 0.3) is 0 Å². The molecule has 0 aliphatic rings. The first-order valence-corrected chi connectivity index (χ1v) is 3.05. The van der Waals surface area contributed by atoms with E-state index in [0.29, 0.717) is 5.56 Å². The van der Waals surface area contributed by atoms with Gasteiger partial charge in [0.2, 0.25) is 0 Å². The van der Waals surface area contributed by atoms with Crippen molar-refractivity contribution in [3.8, 4) is 5.75 Å². The molecule has 0 saturated carbocycles. The molecule has 0 saturated heterocycles. The number of hydrogen-bond donors (Lipinski definition) is 2. The summed E-state index contributed by atoms with van der Waals surface area (Å²) in [6.45, 7) is 0. The van der Waals surface area contributed by atoms with E-state index in [9.17, 15) is 0 Å². The number of aromatic nitrogens is 1. The quantitative estimate of drug-likeness (QED) is 0.575. The molecule has 0 aliphatic heterocycles. The van der Waals surface area contributed by atoms with Gasteiger partial charge in [-0.25, -0.2) is 0 Å². The molecule has 0 aliphatic carbocycles. The maximum absolute atomic E-state index is 8.88. The largest absolute Gasteiger partial charge is 0.506 e. The van der Waals surface area contributed by atoms with Gasteiger partial charge < -0.3 is 10.8 Å². The van der Waals surface area contributed by atoms with Gasteiger partial charge in [-0.05, 0) is 6.07 Å². The summed E-state index contributed by atoms with van der Waals surface area (Å²) in [7, 11) is 0. The second-order valence-corrected chi connectivity index (χ2v) is 2.24. The molecule has 0 spiro atoms. The van der Waals surface area contributed by atoms with Crippen molar-refractivity contribution in [1.29, 1.82) is 0 Å². The lowest BCUT2D eigenvalue weighted by Crippen LogP contribution is -2.09. The molecule has 4 heteroatoms. The van der Waals surface area contributed by atoms with E-state index in [1.165, 1.54) is 18.5 Å². The molecule has 1 rings (SSSR count). The van der Waals surface area contributed by atoms with Crippen LogP contribution in [-0.2, 0) is 0 Å². The summed E-state index contributed by atoms with van der Waals surface area (Å²) in [4.78, 5) is 3.93. The summed E-state index contributed by atoms with van der Waals surface area (Å²) in [6.07, 6.45) is 2.82. The molecule has 0 unspecified atom stereocenters. The Bertz CT molecular complexity index is 262. The molecule has 0 radical (unpaired) electrons. The van der Waals surface area contributed by atoms with Gasteiger partial charge >= 0.3 is 0 Å². The molecule has 1 aromatic rings. The minimum atomic E-state index is 0.0744. The smallest absolute Gasteiger partial charge is 0.134 e. The fourth-order valence-electron chi connectivity index (χ4n) is 0.563. The lowest BCUT2D eigenvalue weighted by Gasteiger charge is -1.95. The van der Waals surface area contributed by atoms with E-state index in [-0.39, 0.29) is 10.7 Å². The molecule has 52 valence electrons. The molecule has 3 nitrogen and oxygen atoms in total. The first-order chi connectivity index (χ1) is 4.70. The fraction of sp³-hybridized carbons (Fsp3) is 0. The molecular weight excluding hydrogens is 148 g/mol. The Hall–Kier alpha value is -1.16. The third-order valence-electron chi connectivity index (χ3n) is 1.01. The Morgan fingerprint density at radius 2 is 2.30 bits per heavy atom. The number of nitrogens with zero attached hydrogens (tertiary/aromatic N) is 1. The van der Waals surface area contributed by atoms with Crippen molar-refractivity contribution >= 4 is 17.2 Å². The molecule has 0 atom stereocenters. The van der Waals surface area contributed by atoms with Crippen LogP contribution in [0.1, 0.15) is 5.56 Å². The maximum Gasteiger partial charge on any atom is 0.134 e. The molecule has 0 aromatic carbocycles. The van der Waals surface area contributed by atoms with Crippen LogP contribution in [0, 0.1) is 0 Å². The van der Waals surface area contributed by atoms with Gasteiger partial charge in [-0.15, -0.1) is 0 Å². The van der Waals surface area contributed by atoms with Gasteiger partial charge in [0.05, 0.1) is 6.20 Å². The van der Waals surface area contributed by atoms with E-state index in [1.807, 2.05) is 0 Å². The van der Waals surface area contributed by atoms with Gasteiger partial charge in [-0.1, -0.05) is 12.2 Å². The maximum atomic E-state index is 8.88. The summed E-state index contributed by atoms with van der Waals surface area (Å²) >= 11 is 4.65. The topological polar surface area (TPSA) is 59.1 Å². The van der Waals surface area contributed by atoms with Crippen LogP contribution in [0.15, 0.2) is 18.5 Å². The van der Waals surface area contributed by atoms with Gasteiger partial charge in [0, 0.05) is 11.8 Å². The fourth-order valence-corrected chi connectivity index (χ4v) is 0.674. The van der Waals surface area contributed by atoms with E-state index >= 15 is 0 Å². The van der Waals surface area contributed by atoms with Crippen molar-refractivity contribution in [2.75, 3.05) is 0 Å². The summed E-state index contributed by atoms with van der Waals surface area (Å²) in [5, 5.41) is 8.88. The average molecular weight is 154 g/mol. The van der Waals surface area contributed by atoms with Crippen LogP contribution >= 0.6 is 12.2 Å². The predicted octanol–water partition coefficient (Wildman–Crippen LogP) is 0.421. The number of aromatic hydroxyl groups is 1. The normalized spacial score (nSPS) is 9.20. The third kappa shape index (κ3) is 1.41. The zero-order chi connectivity index (χ0) is 7.56. The Morgan fingerprint density at radius 3 is 2.70 bits per heavy atom. The molecular formula is C6H6N2OS. The third-order valence-corrected chi connectivity index (χ3v) is 1.24. The van der Waals surface area contributed by atoms with Crippen molar-refractivity contribution in [3.63, 3.8) is 0 Å². The van der Waals surface area contributed by atoms with Gasteiger partial charge in [-0.2, -0.15) is 0 Å².